The van der Waals surface area contributed by atoms with Crippen LogP contribution in [-0.2, 0) is 0 Å². The van der Waals surface area contributed by atoms with Crippen LogP contribution in [0.2, 0.25) is 0 Å². The smallest absolute Gasteiger partial charge is 0.0348 e. The van der Waals surface area contributed by atoms with Crippen LogP contribution in [0.5, 0.6) is 0 Å². The zero-order valence-electron chi connectivity index (χ0n) is 8.88. The SMILES string of the molecule is Cc1ccc(C(N)C2CNC2)cc1C. The topological polar surface area (TPSA) is 38.0 Å². The van der Waals surface area contributed by atoms with Crippen molar-refractivity contribution in [3.8, 4) is 0 Å². The van der Waals surface area contributed by atoms with Crippen molar-refractivity contribution in [2.75, 3.05) is 13.1 Å². The van der Waals surface area contributed by atoms with Gasteiger partial charge in [0.05, 0.1) is 0 Å². The molecule has 2 nitrogen and oxygen atoms in total. The molecule has 0 aliphatic carbocycles. The van der Waals surface area contributed by atoms with Crippen LogP contribution in [0.1, 0.15) is 22.7 Å². The zero-order chi connectivity index (χ0) is 10.1. The molecule has 0 aromatic heterocycles. The van der Waals surface area contributed by atoms with E-state index in [9.17, 15) is 0 Å². The highest BCUT2D eigenvalue weighted by Crippen LogP contribution is 2.24. The predicted molar refractivity (Wildman–Crippen MR) is 59.2 cm³/mol. The van der Waals surface area contributed by atoms with Gasteiger partial charge < -0.3 is 11.1 Å². The van der Waals surface area contributed by atoms with Gasteiger partial charge in [0.25, 0.3) is 0 Å². The first-order valence-electron chi connectivity index (χ1n) is 5.22. The fraction of sp³-hybridized carbons (Fsp3) is 0.500. The van der Waals surface area contributed by atoms with E-state index in [1.54, 1.807) is 0 Å². The van der Waals surface area contributed by atoms with Crippen molar-refractivity contribution in [2.45, 2.75) is 19.9 Å². The monoisotopic (exact) mass is 190 g/mol. The number of nitrogens with one attached hydrogen (secondary N) is 1. The fourth-order valence-corrected chi connectivity index (χ4v) is 1.81. The second-order valence-electron chi connectivity index (χ2n) is 4.29. The maximum absolute atomic E-state index is 6.18. The van der Waals surface area contributed by atoms with Crippen LogP contribution in [0.4, 0.5) is 0 Å². The Morgan fingerprint density at radius 2 is 2.00 bits per heavy atom. The third kappa shape index (κ3) is 1.68. The van der Waals surface area contributed by atoms with E-state index in [0.29, 0.717) is 5.92 Å². The Kier molecular flexibility index (Phi) is 2.57. The lowest BCUT2D eigenvalue weighted by Gasteiger charge is -2.32. The number of aryl methyl sites for hydroxylation is 2. The lowest BCUT2D eigenvalue weighted by Crippen LogP contribution is -2.47. The molecule has 1 aromatic carbocycles. The lowest BCUT2D eigenvalue weighted by molar-refractivity contribution is 0.295. The average Bonchev–Trinajstić information content (AvgIpc) is 2.06. The summed E-state index contributed by atoms with van der Waals surface area (Å²) in [7, 11) is 0. The first-order chi connectivity index (χ1) is 6.68. The summed E-state index contributed by atoms with van der Waals surface area (Å²) in [5, 5.41) is 3.26. The summed E-state index contributed by atoms with van der Waals surface area (Å²) in [6.45, 7) is 6.41. The summed E-state index contributed by atoms with van der Waals surface area (Å²) in [6, 6.07) is 6.75. The Labute approximate surface area is 85.5 Å². The molecule has 1 unspecified atom stereocenters. The minimum absolute atomic E-state index is 0.204. The van der Waals surface area contributed by atoms with Gasteiger partial charge in [0, 0.05) is 25.0 Å². The molecule has 1 aromatic rings. The molecule has 0 amide bonds. The fourth-order valence-electron chi connectivity index (χ4n) is 1.81. The number of hydrogen-bond donors (Lipinski definition) is 2. The Bertz CT molecular complexity index is 329. The maximum Gasteiger partial charge on any atom is 0.0348 e. The predicted octanol–water partition coefficient (Wildman–Crippen LogP) is 1.52. The van der Waals surface area contributed by atoms with Crippen LogP contribution in [0, 0.1) is 19.8 Å². The number of hydrogen-bond acceptors (Lipinski definition) is 2. The molecule has 76 valence electrons. The van der Waals surface area contributed by atoms with Crippen LogP contribution in [0.25, 0.3) is 0 Å². The molecule has 1 saturated heterocycles. The largest absolute Gasteiger partial charge is 0.324 e. The van der Waals surface area contributed by atoms with Gasteiger partial charge in [-0.1, -0.05) is 18.2 Å². The molecule has 0 radical (unpaired) electrons. The molecule has 2 heteroatoms. The molecule has 0 spiro atoms. The summed E-state index contributed by atoms with van der Waals surface area (Å²) in [5.41, 5.74) is 10.1. The van der Waals surface area contributed by atoms with Crippen molar-refractivity contribution in [3.05, 3.63) is 34.9 Å². The minimum atomic E-state index is 0.204. The van der Waals surface area contributed by atoms with E-state index >= 15 is 0 Å². The van der Waals surface area contributed by atoms with Crippen LogP contribution >= 0.6 is 0 Å². The van der Waals surface area contributed by atoms with E-state index in [2.05, 4.69) is 37.4 Å². The van der Waals surface area contributed by atoms with Gasteiger partial charge in [-0.15, -0.1) is 0 Å². The lowest BCUT2D eigenvalue weighted by atomic mass is 9.88. The molecule has 2 rings (SSSR count). The number of nitrogens with two attached hydrogens (primary N) is 1. The van der Waals surface area contributed by atoms with Gasteiger partial charge in [0.15, 0.2) is 0 Å². The summed E-state index contributed by atoms with van der Waals surface area (Å²) in [4.78, 5) is 0. The van der Waals surface area contributed by atoms with Crippen LogP contribution in [0.15, 0.2) is 18.2 Å². The van der Waals surface area contributed by atoms with E-state index in [-0.39, 0.29) is 6.04 Å². The van der Waals surface area contributed by atoms with Crippen molar-refractivity contribution in [3.63, 3.8) is 0 Å². The molecule has 0 bridgehead atoms. The van der Waals surface area contributed by atoms with E-state index in [4.69, 9.17) is 5.73 Å². The Hall–Kier alpha value is -0.860. The summed E-state index contributed by atoms with van der Waals surface area (Å²) < 4.78 is 0. The van der Waals surface area contributed by atoms with Gasteiger partial charge in [0.2, 0.25) is 0 Å². The number of benzene rings is 1. The molecule has 1 aliphatic heterocycles. The van der Waals surface area contributed by atoms with Crippen molar-refractivity contribution < 1.29 is 0 Å². The number of rotatable bonds is 2. The molecule has 3 N–H and O–H groups in total. The molecule has 1 heterocycles. The van der Waals surface area contributed by atoms with E-state index in [1.165, 1.54) is 16.7 Å². The minimum Gasteiger partial charge on any atom is -0.324 e. The van der Waals surface area contributed by atoms with Gasteiger partial charge in [-0.25, -0.2) is 0 Å². The molecular formula is C12H18N2. The molecule has 1 aliphatic rings. The van der Waals surface area contributed by atoms with Crippen molar-refractivity contribution >= 4 is 0 Å². The van der Waals surface area contributed by atoms with Gasteiger partial charge in [-0.2, -0.15) is 0 Å². The first-order valence-corrected chi connectivity index (χ1v) is 5.22. The quantitative estimate of drug-likeness (QED) is 0.742. The van der Waals surface area contributed by atoms with E-state index in [1.807, 2.05) is 0 Å². The van der Waals surface area contributed by atoms with Crippen LogP contribution in [0.3, 0.4) is 0 Å². The molecule has 1 fully saturated rings. The zero-order valence-corrected chi connectivity index (χ0v) is 8.88. The molecule has 1 atom stereocenters. The van der Waals surface area contributed by atoms with Crippen molar-refractivity contribution in [1.29, 1.82) is 0 Å². The van der Waals surface area contributed by atoms with Crippen LogP contribution in [-0.4, -0.2) is 13.1 Å². The highest BCUT2D eigenvalue weighted by molar-refractivity contribution is 5.32. The second kappa shape index (κ2) is 3.71. The Morgan fingerprint density at radius 3 is 2.50 bits per heavy atom. The maximum atomic E-state index is 6.18. The molecule has 14 heavy (non-hydrogen) atoms. The van der Waals surface area contributed by atoms with Gasteiger partial charge in [0.1, 0.15) is 0 Å². The highest BCUT2D eigenvalue weighted by atomic mass is 15.0. The summed E-state index contributed by atoms with van der Waals surface area (Å²) in [5.74, 6) is 0.622. The van der Waals surface area contributed by atoms with E-state index in [0.717, 1.165) is 13.1 Å². The van der Waals surface area contributed by atoms with Gasteiger partial charge in [-0.3, -0.25) is 0 Å². The van der Waals surface area contributed by atoms with Gasteiger partial charge in [-0.05, 0) is 30.5 Å². The summed E-state index contributed by atoms with van der Waals surface area (Å²) >= 11 is 0. The molecular weight excluding hydrogens is 172 g/mol. The average molecular weight is 190 g/mol. The summed E-state index contributed by atoms with van der Waals surface area (Å²) in [6.07, 6.45) is 0. The first kappa shape index (κ1) is 9.69. The normalized spacial score (nSPS) is 19.1. The van der Waals surface area contributed by atoms with Crippen molar-refractivity contribution in [1.82, 2.24) is 5.32 Å². The Balaban J connectivity index is 2.18. The standard InChI is InChI=1S/C12H18N2/c1-8-3-4-10(5-9(8)2)12(13)11-6-14-7-11/h3-5,11-12,14H,6-7,13H2,1-2H3. The van der Waals surface area contributed by atoms with E-state index < -0.39 is 0 Å². The third-order valence-electron chi connectivity index (χ3n) is 3.24. The second-order valence-corrected chi connectivity index (χ2v) is 4.29. The Morgan fingerprint density at radius 1 is 1.29 bits per heavy atom. The highest BCUT2D eigenvalue weighted by Gasteiger charge is 2.25. The molecule has 0 saturated carbocycles. The van der Waals surface area contributed by atoms with Gasteiger partial charge >= 0.3 is 0 Å². The third-order valence-corrected chi connectivity index (χ3v) is 3.24. The van der Waals surface area contributed by atoms with Crippen LogP contribution < -0.4 is 11.1 Å². The van der Waals surface area contributed by atoms with Crippen molar-refractivity contribution in [2.24, 2.45) is 11.7 Å².